The maximum atomic E-state index is 12.4. The monoisotopic (exact) mass is 298 g/mol. The van der Waals surface area contributed by atoms with Crippen molar-refractivity contribution in [2.75, 3.05) is 6.54 Å². The summed E-state index contributed by atoms with van der Waals surface area (Å²) in [5.74, 6) is -1.70. The third-order valence-electron chi connectivity index (χ3n) is 3.69. The van der Waals surface area contributed by atoms with E-state index in [0.717, 1.165) is 6.42 Å². The number of carbonyl (C=O) groups is 3. The van der Waals surface area contributed by atoms with Gasteiger partial charge >= 0.3 is 5.97 Å². The molecule has 2 N–H and O–H groups in total. The van der Waals surface area contributed by atoms with Crippen molar-refractivity contribution in [2.24, 2.45) is 11.3 Å². The predicted octanol–water partition coefficient (Wildman–Crippen LogP) is 1.25. The maximum absolute atomic E-state index is 12.4. The molecule has 2 amide bonds. The predicted molar refractivity (Wildman–Crippen MR) is 78.6 cm³/mol. The number of amides is 2. The van der Waals surface area contributed by atoms with Crippen molar-refractivity contribution in [1.29, 1.82) is 0 Å². The molecule has 1 fully saturated rings. The Morgan fingerprint density at radius 2 is 1.81 bits per heavy atom. The van der Waals surface area contributed by atoms with Crippen LogP contribution in [0, 0.1) is 11.3 Å². The molecule has 1 aliphatic heterocycles. The first-order valence-electron chi connectivity index (χ1n) is 7.40. The van der Waals surface area contributed by atoms with Crippen molar-refractivity contribution < 1.29 is 19.5 Å². The van der Waals surface area contributed by atoms with Gasteiger partial charge in [0.15, 0.2) is 0 Å². The van der Waals surface area contributed by atoms with E-state index in [1.54, 1.807) is 18.7 Å². The first kappa shape index (κ1) is 17.5. The molecule has 1 aliphatic rings. The quantitative estimate of drug-likeness (QED) is 0.817. The highest BCUT2D eigenvalue weighted by Gasteiger charge is 2.39. The lowest BCUT2D eigenvalue weighted by Crippen LogP contribution is -2.53. The number of likely N-dealkylation sites (tertiary alicyclic amines) is 1. The Labute approximate surface area is 125 Å². The van der Waals surface area contributed by atoms with Gasteiger partial charge in [-0.2, -0.15) is 0 Å². The van der Waals surface area contributed by atoms with E-state index in [9.17, 15) is 14.4 Å². The zero-order chi connectivity index (χ0) is 16.4. The number of carboxylic acid groups (broad SMARTS) is 1. The van der Waals surface area contributed by atoms with Gasteiger partial charge in [0, 0.05) is 12.0 Å². The fourth-order valence-electron chi connectivity index (χ4n) is 2.48. The summed E-state index contributed by atoms with van der Waals surface area (Å²) in [5.41, 5.74) is -0.548. The highest BCUT2D eigenvalue weighted by molar-refractivity contribution is 5.92. The summed E-state index contributed by atoms with van der Waals surface area (Å²) in [6.07, 6.45) is 1.34. The molecular weight excluding hydrogens is 272 g/mol. The second-order valence-electron chi connectivity index (χ2n) is 6.98. The van der Waals surface area contributed by atoms with Gasteiger partial charge in [0.1, 0.15) is 12.1 Å². The molecule has 0 spiro atoms. The van der Waals surface area contributed by atoms with E-state index in [1.807, 2.05) is 20.8 Å². The highest BCUT2D eigenvalue weighted by Crippen LogP contribution is 2.25. The SMILES string of the molecule is CC(C)[C@@H](NC(=O)C1CCCN1C(=O)C(C)(C)C)C(=O)O. The summed E-state index contributed by atoms with van der Waals surface area (Å²) >= 11 is 0. The van der Waals surface area contributed by atoms with Crippen LogP contribution in [0.5, 0.6) is 0 Å². The summed E-state index contributed by atoms with van der Waals surface area (Å²) in [6, 6.07) is -1.48. The number of aliphatic carboxylic acids is 1. The lowest BCUT2D eigenvalue weighted by molar-refractivity contribution is -0.147. The molecule has 120 valence electrons. The number of nitrogens with one attached hydrogen (secondary N) is 1. The molecule has 0 aliphatic carbocycles. The molecular formula is C15H26N2O4. The molecule has 6 heteroatoms. The van der Waals surface area contributed by atoms with Crippen LogP contribution in [-0.4, -0.2) is 46.4 Å². The lowest BCUT2D eigenvalue weighted by Gasteiger charge is -2.31. The Balaban J connectivity index is 2.81. The van der Waals surface area contributed by atoms with E-state index in [-0.39, 0.29) is 17.7 Å². The summed E-state index contributed by atoms with van der Waals surface area (Å²) in [4.78, 5) is 37.5. The van der Waals surface area contributed by atoms with Crippen molar-refractivity contribution in [3.8, 4) is 0 Å². The Morgan fingerprint density at radius 3 is 2.24 bits per heavy atom. The molecule has 0 aromatic carbocycles. The van der Waals surface area contributed by atoms with Gasteiger partial charge in [-0.15, -0.1) is 0 Å². The molecule has 0 aromatic heterocycles. The zero-order valence-electron chi connectivity index (χ0n) is 13.5. The van der Waals surface area contributed by atoms with Crippen molar-refractivity contribution >= 4 is 17.8 Å². The van der Waals surface area contributed by atoms with Crippen LogP contribution in [0.1, 0.15) is 47.5 Å². The van der Waals surface area contributed by atoms with Crippen LogP contribution in [0.15, 0.2) is 0 Å². The maximum Gasteiger partial charge on any atom is 0.326 e. The van der Waals surface area contributed by atoms with Crippen LogP contribution in [0.3, 0.4) is 0 Å². The Kier molecular flexibility index (Phi) is 5.36. The lowest BCUT2D eigenvalue weighted by atomic mass is 9.94. The van der Waals surface area contributed by atoms with E-state index >= 15 is 0 Å². The highest BCUT2D eigenvalue weighted by atomic mass is 16.4. The van der Waals surface area contributed by atoms with Gasteiger partial charge in [-0.25, -0.2) is 4.79 Å². The number of carbonyl (C=O) groups excluding carboxylic acids is 2. The van der Waals surface area contributed by atoms with Crippen molar-refractivity contribution in [2.45, 2.75) is 59.5 Å². The minimum Gasteiger partial charge on any atom is -0.480 e. The van der Waals surface area contributed by atoms with Crippen LogP contribution < -0.4 is 5.32 Å². The van der Waals surface area contributed by atoms with E-state index in [4.69, 9.17) is 5.11 Å². The average Bonchev–Trinajstić information content (AvgIpc) is 2.81. The summed E-state index contributed by atoms with van der Waals surface area (Å²) in [7, 11) is 0. The number of nitrogens with zero attached hydrogens (tertiary/aromatic N) is 1. The summed E-state index contributed by atoms with van der Waals surface area (Å²) in [6.45, 7) is 9.48. The standard InChI is InChI=1S/C15H26N2O4/c1-9(2)11(13(19)20)16-12(18)10-7-6-8-17(10)14(21)15(3,4)5/h9-11H,6-8H2,1-5H3,(H,16,18)(H,19,20)/t10?,11-/m1/s1. The minimum absolute atomic E-state index is 0.0726. The molecule has 1 unspecified atom stereocenters. The number of carboxylic acids is 1. The number of rotatable bonds is 4. The third kappa shape index (κ3) is 4.19. The van der Waals surface area contributed by atoms with Crippen LogP contribution in [-0.2, 0) is 14.4 Å². The van der Waals surface area contributed by atoms with Gasteiger partial charge in [-0.1, -0.05) is 34.6 Å². The number of hydrogen-bond donors (Lipinski definition) is 2. The van der Waals surface area contributed by atoms with Gasteiger partial charge in [0.25, 0.3) is 0 Å². The molecule has 0 saturated carbocycles. The molecule has 0 bridgehead atoms. The first-order valence-corrected chi connectivity index (χ1v) is 7.40. The smallest absolute Gasteiger partial charge is 0.326 e. The van der Waals surface area contributed by atoms with Gasteiger partial charge in [-0.05, 0) is 18.8 Å². The second kappa shape index (κ2) is 6.45. The van der Waals surface area contributed by atoms with Crippen LogP contribution >= 0.6 is 0 Å². The zero-order valence-corrected chi connectivity index (χ0v) is 13.5. The molecule has 21 heavy (non-hydrogen) atoms. The van der Waals surface area contributed by atoms with Crippen molar-refractivity contribution in [3.05, 3.63) is 0 Å². The van der Waals surface area contributed by atoms with E-state index < -0.39 is 23.5 Å². The van der Waals surface area contributed by atoms with Crippen LogP contribution in [0.4, 0.5) is 0 Å². The van der Waals surface area contributed by atoms with Crippen LogP contribution in [0.25, 0.3) is 0 Å². The fraction of sp³-hybridized carbons (Fsp3) is 0.800. The Hall–Kier alpha value is -1.59. The van der Waals surface area contributed by atoms with E-state index in [2.05, 4.69) is 5.32 Å². The molecule has 2 atom stereocenters. The van der Waals surface area contributed by atoms with E-state index in [1.165, 1.54) is 0 Å². The fourth-order valence-corrected chi connectivity index (χ4v) is 2.48. The topological polar surface area (TPSA) is 86.7 Å². The van der Waals surface area contributed by atoms with Gasteiger partial charge in [0.2, 0.25) is 11.8 Å². The average molecular weight is 298 g/mol. The van der Waals surface area contributed by atoms with Crippen molar-refractivity contribution in [1.82, 2.24) is 10.2 Å². The van der Waals surface area contributed by atoms with E-state index in [0.29, 0.717) is 13.0 Å². The largest absolute Gasteiger partial charge is 0.480 e. The normalized spacial score (nSPS) is 20.5. The molecule has 6 nitrogen and oxygen atoms in total. The van der Waals surface area contributed by atoms with Gasteiger partial charge < -0.3 is 15.3 Å². The third-order valence-corrected chi connectivity index (χ3v) is 3.69. The van der Waals surface area contributed by atoms with Gasteiger partial charge in [0.05, 0.1) is 0 Å². The summed E-state index contributed by atoms with van der Waals surface area (Å²) < 4.78 is 0. The van der Waals surface area contributed by atoms with Crippen LogP contribution in [0.2, 0.25) is 0 Å². The molecule has 1 rings (SSSR count). The minimum atomic E-state index is -1.05. The Morgan fingerprint density at radius 1 is 1.24 bits per heavy atom. The second-order valence-corrected chi connectivity index (χ2v) is 6.98. The molecule has 0 aromatic rings. The number of hydrogen-bond acceptors (Lipinski definition) is 3. The summed E-state index contributed by atoms with van der Waals surface area (Å²) in [5, 5.41) is 11.7. The molecule has 1 heterocycles. The molecule has 0 radical (unpaired) electrons. The molecule has 1 saturated heterocycles. The van der Waals surface area contributed by atoms with Crippen molar-refractivity contribution in [3.63, 3.8) is 0 Å². The Bertz CT molecular complexity index is 426. The first-order chi connectivity index (χ1) is 9.55. The van der Waals surface area contributed by atoms with Gasteiger partial charge in [-0.3, -0.25) is 9.59 Å².